The van der Waals surface area contributed by atoms with Gasteiger partial charge in [-0.05, 0) is 13.0 Å². The molecule has 0 aliphatic carbocycles. The van der Waals surface area contributed by atoms with Crippen LogP contribution in [0.25, 0.3) is 11.0 Å². The maximum Gasteiger partial charge on any atom is 0.372 e. The number of carboxylic acid groups (broad SMARTS) is 1. The summed E-state index contributed by atoms with van der Waals surface area (Å²) in [5, 5.41) is 9.72. The third-order valence-electron chi connectivity index (χ3n) is 2.80. The Morgan fingerprint density at radius 3 is 2.53 bits per heavy atom. The zero-order valence-electron chi connectivity index (χ0n) is 9.15. The summed E-state index contributed by atoms with van der Waals surface area (Å²) in [6.07, 6.45) is 0. The molecule has 0 unspecified atom stereocenters. The average Bonchev–Trinajstić information content (AvgIpc) is 2.64. The molecule has 5 heteroatoms. The largest absolute Gasteiger partial charge is 0.486 e. The van der Waals surface area contributed by atoms with Crippen LogP contribution in [0.4, 0.5) is 0 Å². The lowest BCUT2D eigenvalue weighted by atomic mass is 10.1. The van der Waals surface area contributed by atoms with Gasteiger partial charge in [0, 0.05) is 17.0 Å². The number of rotatable bonds is 1. The molecule has 0 saturated carbocycles. The lowest BCUT2D eigenvalue weighted by Gasteiger charge is -2.17. The standard InChI is InChI=1S/C12H10O5/c1-6-7-4-9-10(16-3-2-15-9)5-8(7)17-11(6)12(13)14/h4-5H,2-3H2,1H3,(H,13,14). The summed E-state index contributed by atoms with van der Waals surface area (Å²) in [5.74, 6) is 0.111. The lowest BCUT2D eigenvalue weighted by Crippen LogP contribution is -2.15. The molecule has 88 valence electrons. The van der Waals surface area contributed by atoms with Gasteiger partial charge in [0.2, 0.25) is 5.76 Å². The molecule has 0 fully saturated rings. The van der Waals surface area contributed by atoms with Crippen LogP contribution in [0.3, 0.4) is 0 Å². The Balaban J connectivity index is 2.27. The van der Waals surface area contributed by atoms with Crippen molar-refractivity contribution in [1.82, 2.24) is 0 Å². The first kappa shape index (κ1) is 10.0. The lowest BCUT2D eigenvalue weighted by molar-refractivity contribution is 0.0664. The molecule has 2 heterocycles. The highest BCUT2D eigenvalue weighted by molar-refractivity contribution is 5.96. The summed E-state index contributed by atoms with van der Waals surface area (Å²) in [7, 11) is 0. The molecule has 0 atom stereocenters. The fourth-order valence-corrected chi connectivity index (χ4v) is 1.96. The molecule has 0 saturated heterocycles. The van der Waals surface area contributed by atoms with E-state index >= 15 is 0 Å². The number of ether oxygens (including phenoxy) is 2. The molecule has 1 aromatic carbocycles. The van der Waals surface area contributed by atoms with E-state index in [2.05, 4.69) is 0 Å². The van der Waals surface area contributed by atoms with Crippen molar-refractivity contribution in [1.29, 1.82) is 0 Å². The first-order chi connectivity index (χ1) is 8.16. The zero-order valence-corrected chi connectivity index (χ0v) is 9.15. The number of benzene rings is 1. The minimum atomic E-state index is -1.07. The highest BCUT2D eigenvalue weighted by Crippen LogP contribution is 2.37. The number of hydrogen-bond acceptors (Lipinski definition) is 4. The van der Waals surface area contributed by atoms with Gasteiger partial charge in [0.15, 0.2) is 11.5 Å². The topological polar surface area (TPSA) is 68.9 Å². The van der Waals surface area contributed by atoms with Crippen molar-refractivity contribution < 1.29 is 23.8 Å². The Bertz CT molecular complexity index is 611. The van der Waals surface area contributed by atoms with E-state index in [1.54, 1.807) is 19.1 Å². The first-order valence-corrected chi connectivity index (χ1v) is 5.23. The number of aromatic carboxylic acids is 1. The summed E-state index contributed by atoms with van der Waals surface area (Å²) >= 11 is 0. The Hall–Kier alpha value is -2.17. The third-order valence-corrected chi connectivity index (χ3v) is 2.80. The van der Waals surface area contributed by atoms with Crippen LogP contribution in [-0.2, 0) is 0 Å². The molecule has 1 N–H and O–H groups in total. The Labute approximate surface area is 96.5 Å². The van der Waals surface area contributed by atoms with Crippen molar-refractivity contribution in [3.05, 3.63) is 23.5 Å². The molecule has 1 aliphatic heterocycles. The van der Waals surface area contributed by atoms with Gasteiger partial charge in [-0.1, -0.05) is 0 Å². The number of carboxylic acids is 1. The van der Waals surface area contributed by atoms with E-state index in [9.17, 15) is 4.79 Å². The Morgan fingerprint density at radius 2 is 1.88 bits per heavy atom. The van der Waals surface area contributed by atoms with Gasteiger partial charge in [-0.25, -0.2) is 4.79 Å². The van der Waals surface area contributed by atoms with Gasteiger partial charge in [-0.2, -0.15) is 0 Å². The number of aryl methyl sites for hydroxylation is 1. The number of furan rings is 1. The van der Waals surface area contributed by atoms with E-state index in [-0.39, 0.29) is 5.76 Å². The van der Waals surface area contributed by atoms with Crippen molar-refractivity contribution in [3.63, 3.8) is 0 Å². The molecule has 0 amide bonds. The first-order valence-electron chi connectivity index (χ1n) is 5.23. The van der Waals surface area contributed by atoms with Gasteiger partial charge >= 0.3 is 5.97 Å². The maximum atomic E-state index is 11.0. The van der Waals surface area contributed by atoms with Crippen LogP contribution >= 0.6 is 0 Å². The molecule has 3 rings (SSSR count). The maximum absolute atomic E-state index is 11.0. The quantitative estimate of drug-likeness (QED) is 0.819. The van der Waals surface area contributed by atoms with E-state index in [0.29, 0.717) is 35.9 Å². The van der Waals surface area contributed by atoms with Crippen LogP contribution in [0.1, 0.15) is 16.1 Å². The van der Waals surface area contributed by atoms with Crippen molar-refractivity contribution in [2.75, 3.05) is 13.2 Å². The monoisotopic (exact) mass is 234 g/mol. The van der Waals surface area contributed by atoms with E-state index < -0.39 is 5.97 Å². The summed E-state index contributed by atoms with van der Waals surface area (Å²) in [6.45, 7) is 2.70. The van der Waals surface area contributed by atoms with Crippen LogP contribution in [0.15, 0.2) is 16.5 Å². The van der Waals surface area contributed by atoms with E-state index in [0.717, 1.165) is 5.39 Å². The fraction of sp³-hybridized carbons (Fsp3) is 0.250. The fourth-order valence-electron chi connectivity index (χ4n) is 1.96. The smallest absolute Gasteiger partial charge is 0.372 e. The second-order valence-electron chi connectivity index (χ2n) is 3.85. The Kier molecular flexibility index (Phi) is 2.01. The van der Waals surface area contributed by atoms with Crippen LogP contribution in [0.2, 0.25) is 0 Å². The van der Waals surface area contributed by atoms with Crippen molar-refractivity contribution in [2.24, 2.45) is 0 Å². The van der Waals surface area contributed by atoms with Gasteiger partial charge in [-0.15, -0.1) is 0 Å². The van der Waals surface area contributed by atoms with Crippen molar-refractivity contribution in [3.8, 4) is 11.5 Å². The highest BCUT2D eigenvalue weighted by atomic mass is 16.6. The third kappa shape index (κ3) is 1.43. The summed E-state index contributed by atoms with van der Waals surface area (Å²) in [4.78, 5) is 11.0. The molecule has 0 radical (unpaired) electrons. The second-order valence-corrected chi connectivity index (χ2v) is 3.85. The van der Waals surface area contributed by atoms with Gasteiger partial charge in [0.05, 0.1) is 0 Å². The summed E-state index contributed by atoms with van der Waals surface area (Å²) in [5.41, 5.74) is 1.11. The predicted molar refractivity (Wildman–Crippen MR) is 58.9 cm³/mol. The zero-order chi connectivity index (χ0) is 12.0. The molecule has 0 bridgehead atoms. The minimum Gasteiger partial charge on any atom is -0.486 e. The van der Waals surface area contributed by atoms with E-state index in [4.69, 9.17) is 19.0 Å². The van der Waals surface area contributed by atoms with Crippen molar-refractivity contribution >= 4 is 16.9 Å². The number of hydrogen-bond donors (Lipinski definition) is 1. The van der Waals surface area contributed by atoms with Crippen LogP contribution in [0, 0.1) is 6.92 Å². The average molecular weight is 234 g/mol. The molecule has 1 aromatic heterocycles. The van der Waals surface area contributed by atoms with E-state index in [1.165, 1.54) is 0 Å². The van der Waals surface area contributed by atoms with Crippen LogP contribution in [-0.4, -0.2) is 24.3 Å². The molecule has 5 nitrogen and oxygen atoms in total. The van der Waals surface area contributed by atoms with Gasteiger partial charge in [0.25, 0.3) is 0 Å². The molecular weight excluding hydrogens is 224 g/mol. The summed E-state index contributed by atoms with van der Waals surface area (Å²) in [6, 6.07) is 3.43. The van der Waals surface area contributed by atoms with Gasteiger partial charge in [-0.3, -0.25) is 0 Å². The molecule has 17 heavy (non-hydrogen) atoms. The predicted octanol–water partition coefficient (Wildman–Crippen LogP) is 2.21. The van der Waals surface area contributed by atoms with Crippen molar-refractivity contribution in [2.45, 2.75) is 6.92 Å². The minimum absolute atomic E-state index is 0.0395. The van der Waals surface area contributed by atoms with Crippen LogP contribution < -0.4 is 9.47 Å². The van der Waals surface area contributed by atoms with Gasteiger partial charge in [0.1, 0.15) is 18.8 Å². The number of fused-ring (bicyclic) bond motifs is 2. The molecular formula is C12H10O5. The van der Waals surface area contributed by atoms with Gasteiger partial charge < -0.3 is 19.0 Å². The second kappa shape index (κ2) is 3.41. The molecule has 0 spiro atoms. The Morgan fingerprint density at radius 1 is 1.24 bits per heavy atom. The molecule has 2 aromatic rings. The van der Waals surface area contributed by atoms with E-state index in [1.807, 2.05) is 0 Å². The SMILES string of the molecule is Cc1c(C(=O)O)oc2cc3c(cc12)OCCO3. The number of carbonyl (C=O) groups is 1. The normalized spacial score (nSPS) is 13.9. The molecule has 1 aliphatic rings. The highest BCUT2D eigenvalue weighted by Gasteiger charge is 2.20. The summed E-state index contributed by atoms with van der Waals surface area (Å²) < 4.78 is 16.1. The van der Waals surface area contributed by atoms with Crippen LogP contribution in [0.5, 0.6) is 11.5 Å².